The number of nitrogens with one attached hydrogen (secondary N) is 2. The van der Waals surface area contributed by atoms with Crippen LogP contribution in [-0.2, 0) is 9.59 Å². The number of amides is 2. The summed E-state index contributed by atoms with van der Waals surface area (Å²) < 4.78 is 23.7. The van der Waals surface area contributed by atoms with Gasteiger partial charge in [0.05, 0.1) is 24.9 Å². The van der Waals surface area contributed by atoms with Gasteiger partial charge in [0.15, 0.2) is 0 Å². The molecular formula is C19H18ClFN2O4. The van der Waals surface area contributed by atoms with E-state index in [1.54, 1.807) is 6.07 Å². The number of benzene rings is 2. The van der Waals surface area contributed by atoms with Gasteiger partial charge in [0, 0.05) is 17.8 Å². The van der Waals surface area contributed by atoms with E-state index >= 15 is 0 Å². The first-order chi connectivity index (χ1) is 12.9. The van der Waals surface area contributed by atoms with Crippen LogP contribution in [0.2, 0.25) is 5.02 Å². The van der Waals surface area contributed by atoms with Crippen LogP contribution in [0.4, 0.5) is 15.8 Å². The van der Waals surface area contributed by atoms with Crippen molar-refractivity contribution in [1.29, 1.82) is 0 Å². The van der Waals surface area contributed by atoms with Gasteiger partial charge in [-0.15, -0.1) is 0 Å². The molecule has 1 fully saturated rings. The van der Waals surface area contributed by atoms with Crippen molar-refractivity contribution in [1.82, 2.24) is 0 Å². The lowest BCUT2D eigenvalue weighted by Crippen LogP contribution is -2.35. The second kappa shape index (κ2) is 7.44. The summed E-state index contributed by atoms with van der Waals surface area (Å²) >= 11 is 6.06. The summed E-state index contributed by atoms with van der Waals surface area (Å²) in [5.41, 5.74) is -0.567. The first kappa shape index (κ1) is 19.0. The summed E-state index contributed by atoms with van der Waals surface area (Å²) in [5, 5.41) is 5.63. The molecule has 1 aliphatic rings. The minimum Gasteiger partial charge on any atom is -0.495 e. The zero-order valence-corrected chi connectivity index (χ0v) is 15.5. The van der Waals surface area contributed by atoms with Gasteiger partial charge >= 0.3 is 0 Å². The summed E-state index contributed by atoms with van der Waals surface area (Å²) in [7, 11) is 2.89. The molecule has 0 aromatic heterocycles. The Morgan fingerprint density at radius 1 is 1.04 bits per heavy atom. The number of rotatable bonds is 6. The molecule has 0 bridgehead atoms. The second-order valence-electron chi connectivity index (χ2n) is 6.19. The van der Waals surface area contributed by atoms with Gasteiger partial charge in [0.2, 0.25) is 11.8 Å². The largest absolute Gasteiger partial charge is 0.495 e. The van der Waals surface area contributed by atoms with Crippen LogP contribution in [0, 0.1) is 11.2 Å². The number of anilines is 2. The van der Waals surface area contributed by atoms with E-state index in [1.165, 1.54) is 44.6 Å². The second-order valence-corrected chi connectivity index (χ2v) is 6.59. The molecule has 0 radical (unpaired) electrons. The highest BCUT2D eigenvalue weighted by molar-refractivity contribution is 6.32. The molecule has 27 heavy (non-hydrogen) atoms. The van der Waals surface area contributed by atoms with Crippen LogP contribution >= 0.6 is 11.6 Å². The van der Waals surface area contributed by atoms with E-state index in [4.69, 9.17) is 21.1 Å². The number of carbonyl (C=O) groups is 2. The molecule has 0 unspecified atom stereocenters. The van der Waals surface area contributed by atoms with Gasteiger partial charge in [-0.2, -0.15) is 0 Å². The predicted octanol–water partition coefficient (Wildman–Crippen LogP) is 3.85. The molecule has 1 saturated carbocycles. The van der Waals surface area contributed by atoms with Crippen LogP contribution < -0.4 is 20.1 Å². The smallest absolute Gasteiger partial charge is 0.240 e. The van der Waals surface area contributed by atoms with Crippen molar-refractivity contribution in [3.8, 4) is 11.5 Å². The highest BCUT2D eigenvalue weighted by Crippen LogP contribution is 2.48. The number of hydrogen-bond acceptors (Lipinski definition) is 4. The number of hydrogen-bond donors (Lipinski definition) is 2. The maximum atomic E-state index is 13.3. The molecule has 0 aliphatic heterocycles. The van der Waals surface area contributed by atoms with Crippen LogP contribution in [0.5, 0.6) is 11.5 Å². The fourth-order valence-corrected chi connectivity index (χ4v) is 2.93. The van der Waals surface area contributed by atoms with Crippen LogP contribution in [0.3, 0.4) is 0 Å². The van der Waals surface area contributed by atoms with Gasteiger partial charge in [0.1, 0.15) is 22.7 Å². The average molecular weight is 393 g/mol. The third kappa shape index (κ3) is 3.83. The van der Waals surface area contributed by atoms with Crippen LogP contribution in [0.15, 0.2) is 36.4 Å². The lowest BCUT2D eigenvalue weighted by molar-refractivity contribution is -0.131. The lowest BCUT2D eigenvalue weighted by Gasteiger charge is -2.18. The van der Waals surface area contributed by atoms with Gasteiger partial charge in [-0.1, -0.05) is 17.7 Å². The Morgan fingerprint density at radius 2 is 1.70 bits per heavy atom. The number of halogens is 2. The molecular weight excluding hydrogens is 375 g/mol. The summed E-state index contributed by atoms with van der Waals surface area (Å²) in [6, 6.07) is 8.55. The Labute approximate surface area is 160 Å². The Hall–Kier alpha value is -2.80. The molecule has 2 aromatic rings. The van der Waals surface area contributed by atoms with Gasteiger partial charge in [-0.25, -0.2) is 4.39 Å². The predicted molar refractivity (Wildman–Crippen MR) is 99.9 cm³/mol. The first-order valence-electron chi connectivity index (χ1n) is 8.19. The maximum Gasteiger partial charge on any atom is 0.240 e. The molecule has 2 amide bonds. The number of ether oxygens (including phenoxy) is 2. The van der Waals surface area contributed by atoms with E-state index in [0.29, 0.717) is 40.7 Å². The summed E-state index contributed by atoms with van der Waals surface area (Å²) in [6.45, 7) is 0. The monoisotopic (exact) mass is 392 g/mol. The molecule has 142 valence electrons. The van der Waals surface area contributed by atoms with Gasteiger partial charge < -0.3 is 20.1 Å². The quantitative estimate of drug-likeness (QED) is 0.732. The van der Waals surface area contributed by atoms with Crippen molar-refractivity contribution < 1.29 is 23.5 Å². The molecule has 0 atom stereocenters. The molecule has 1 aliphatic carbocycles. The van der Waals surface area contributed by atoms with Crippen molar-refractivity contribution in [2.45, 2.75) is 12.8 Å². The van der Waals surface area contributed by atoms with Crippen LogP contribution in [0.25, 0.3) is 0 Å². The van der Waals surface area contributed by atoms with Crippen molar-refractivity contribution in [3.05, 3.63) is 47.2 Å². The Bertz CT molecular complexity index is 899. The SMILES string of the molecule is COc1cc(NC(=O)C2(C(=O)Nc3cccc(F)c3)CC2)c(OC)cc1Cl. The summed E-state index contributed by atoms with van der Waals surface area (Å²) in [6.07, 6.45) is 0.792. The fourth-order valence-electron chi connectivity index (χ4n) is 2.70. The van der Waals surface area contributed by atoms with Crippen molar-refractivity contribution >= 4 is 34.8 Å². The molecule has 8 heteroatoms. The van der Waals surface area contributed by atoms with Gasteiger partial charge in [-0.05, 0) is 31.0 Å². The Kier molecular flexibility index (Phi) is 5.23. The van der Waals surface area contributed by atoms with E-state index in [2.05, 4.69) is 10.6 Å². The molecule has 0 spiro atoms. The molecule has 0 heterocycles. The lowest BCUT2D eigenvalue weighted by atomic mass is 10.0. The van der Waals surface area contributed by atoms with Crippen molar-refractivity contribution in [3.63, 3.8) is 0 Å². The van der Waals surface area contributed by atoms with Gasteiger partial charge in [-0.3, -0.25) is 9.59 Å². The fraction of sp³-hybridized carbons (Fsp3) is 0.263. The highest BCUT2D eigenvalue weighted by atomic mass is 35.5. The highest BCUT2D eigenvalue weighted by Gasteiger charge is 2.56. The minimum absolute atomic E-state index is 0.296. The van der Waals surface area contributed by atoms with Crippen LogP contribution in [0.1, 0.15) is 12.8 Å². The standard InChI is InChI=1S/C19H18ClFN2O4/c1-26-15-10-14(16(27-2)9-13(15)20)23-18(25)19(6-7-19)17(24)22-12-5-3-4-11(21)8-12/h3-5,8-10H,6-7H2,1-2H3,(H,22,24)(H,23,25). The molecule has 3 rings (SSSR count). The third-order valence-electron chi connectivity index (χ3n) is 4.42. The Balaban J connectivity index is 1.78. The van der Waals surface area contributed by atoms with E-state index in [-0.39, 0.29) is 0 Å². The number of methoxy groups -OCH3 is 2. The maximum absolute atomic E-state index is 13.3. The minimum atomic E-state index is -1.20. The zero-order valence-electron chi connectivity index (χ0n) is 14.8. The normalized spacial score (nSPS) is 14.2. The molecule has 6 nitrogen and oxygen atoms in total. The van der Waals surface area contributed by atoms with Crippen molar-refractivity contribution in [2.24, 2.45) is 5.41 Å². The molecule has 0 saturated heterocycles. The number of carbonyl (C=O) groups excluding carboxylic acids is 2. The van der Waals surface area contributed by atoms with Crippen LogP contribution in [-0.4, -0.2) is 26.0 Å². The van der Waals surface area contributed by atoms with Crippen molar-refractivity contribution in [2.75, 3.05) is 24.9 Å². The summed E-state index contributed by atoms with van der Waals surface area (Å²) in [4.78, 5) is 25.4. The van der Waals surface area contributed by atoms with E-state index in [1.807, 2.05) is 0 Å². The first-order valence-corrected chi connectivity index (χ1v) is 8.57. The molecule has 2 aromatic carbocycles. The topological polar surface area (TPSA) is 76.7 Å². The summed E-state index contributed by atoms with van der Waals surface area (Å²) in [5.74, 6) is -0.720. The van der Waals surface area contributed by atoms with Gasteiger partial charge in [0.25, 0.3) is 0 Å². The third-order valence-corrected chi connectivity index (χ3v) is 4.72. The van der Waals surface area contributed by atoms with E-state index in [9.17, 15) is 14.0 Å². The van der Waals surface area contributed by atoms with E-state index < -0.39 is 23.0 Å². The average Bonchev–Trinajstić information content (AvgIpc) is 3.45. The molecule has 2 N–H and O–H groups in total. The van der Waals surface area contributed by atoms with E-state index in [0.717, 1.165) is 0 Å². The zero-order chi connectivity index (χ0) is 19.6. The Morgan fingerprint density at radius 3 is 2.30 bits per heavy atom.